The molecule has 1 saturated heterocycles. The Labute approximate surface area is 187 Å². The van der Waals surface area contributed by atoms with Crippen LogP contribution < -0.4 is 0 Å². The number of methoxy groups -OCH3 is 2. The van der Waals surface area contributed by atoms with E-state index in [4.69, 9.17) is 14.2 Å². The minimum Gasteiger partial charge on any atom is -0.395 e. The Morgan fingerprint density at radius 3 is 2.39 bits per heavy atom. The van der Waals surface area contributed by atoms with Gasteiger partial charge in [0.1, 0.15) is 5.78 Å². The highest BCUT2D eigenvalue weighted by molar-refractivity contribution is 5.88. The number of epoxide rings is 1. The first kappa shape index (κ1) is 22.3. The average Bonchev–Trinajstić information content (AvgIpc) is 3.40. The summed E-state index contributed by atoms with van der Waals surface area (Å²) in [4.78, 5) is 13.9. The molecule has 31 heavy (non-hydrogen) atoms. The van der Waals surface area contributed by atoms with Crippen molar-refractivity contribution in [2.45, 2.75) is 77.4 Å². The summed E-state index contributed by atoms with van der Waals surface area (Å²) in [6, 6.07) is 0. The van der Waals surface area contributed by atoms with Crippen molar-refractivity contribution in [2.24, 2.45) is 45.8 Å². The van der Waals surface area contributed by atoms with E-state index in [1.807, 2.05) is 0 Å². The zero-order valence-corrected chi connectivity index (χ0v) is 19.9. The lowest BCUT2D eigenvalue weighted by Gasteiger charge is -2.60. The summed E-state index contributed by atoms with van der Waals surface area (Å²) in [5.74, 6) is 3.15. The molecule has 0 bridgehead atoms. The van der Waals surface area contributed by atoms with Crippen molar-refractivity contribution in [3.63, 3.8) is 0 Å². The highest BCUT2D eigenvalue weighted by Crippen LogP contribution is 2.69. The number of ketones is 1. The van der Waals surface area contributed by atoms with Gasteiger partial charge in [0.2, 0.25) is 0 Å². The van der Waals surface area contributed by atoms with Crippen LogP contribution in [0.2, 0.25) is 0 Å². The third-order valence-corrected chi connectivity index (χ3v) is 10.9. The maximum absolute atomic E-state index is 13.9. The maximum atomic E-state index is 13.9. The SMILES string of the molecule is COCC(CO)(COC)C(=O)[C@H]1CC[C@H]2[C@@H]3CC[C@H]4C[C@@H]5O[C@@H]5C[C@]4(C)[C@H]3CC[C@]12C. The van der Waals surface area contributed by atoms with Gasteiger partial charge in [-0.3, -0.25) is 4.79 Å². The number of aliphatic hydroxyl groups is 1. The highest BCUT2D eigenvalue weighted by atomic mass is 16.6. The molecule has 1 N–H and O–H groups in total. The van der Waals surface area contributed by atoms with Gasteiger partial charge in [-0.25, -0.2) is 0 Å². The molecule has 1 heterocycles. The van der Waals surface area contributed by atoms with Gasteiger partial charge in [0.05, 0.1) is 37.4 Å². The van der Waals surface area contributed by atoms with Crippen LogP contribution in [0.1, 0.15) is 65.2 Å². The van der Waals surface area contributed by atoms with Crippen molar-refractivity contribution in [2.75, 3.05) is 34.0 Å². The van der Waals surface area contributed by atoms with Gasteiger partial charge in [-0.15, -0.1) is 0 Å². The fourth-order valence-electron chi connectivity index (χ4n) is 9.23. The standard InChI is InChI=1S/C26H42O5/c1-24-10-9-19-17(6-5-16-11-21-22(31-21)12-25(16,19)2)18(24)7-8-20(24)23(28)26(13-27,14-29-3)15-30-4/h16-22,27H,5-15H2,1-4H3/t16-,17-,18-,19-,20+,21-,22+,24-,25-/m0/s1. The number of rotatable bonds is 7. The molecule has 4 saturated carbocycles. The third kappa shape index (κ3) is 3.20. The van der Waals surface area contributed by atoms with Gasteiger partial charge in [-0.1, -0.05) is 13.8 Å². The molecule has 0 aromatic carbocycles. The molecule has 0 amide bonds. The van der Waals surface area contributed by atoms with Gasteiger partial charge < -0.3 is 19.3 Å². The summed E-state index contributed by atoms with van der Waals surface area (Å²) >= 11 is 0. The Balaban J connectivity index is 1.39. The lowest BCUT2D eigenvalue weighted by Crippen LogP contribution is -2.55. The Morgan fingerprint density at radius 2 is 1.71 bits per heavy atom. The van der Waals surface area contributed by atoms with Crippen molar-refractivity contribution < 1.29 is 24.1 Å². The summed E-state index contributed by atoms with van der Waals surface area (Å²) in [6.07, 6.45) is 10.8. The van der Waals surface area contributed by atoms with Crippen LogP contribution in [-0.4, -0.2) is 57.1 Å². The molecular weight excluding hydrogens is 392 g/mol. The molecule has 5 rings (SSSR count). The van der Waals surface area contributed by atoms with E-state index in [0.717, 1.165) is 37.0 Å². The third-order valence-electron chi connectivity index (χ3n) is 10.9. The van der Waals surface area contributed by atoms with Crippen LogP contribution in [0.15, 0.2) is 0 Å². The number of carbonyl (C=O) groups is 1. The van der Waals surface area contributed by atoms with Crippen LogP contribution in [0.4, 0.5) is 0 Å². The molecule has 0 radical (unpaired) electrons. The van der Waals surface area contributed by atoms with E-state index in [2.05, 4.69) is 13.8 Å². The number of hydrogen-bond acceptors (Lipinski definition) is 5. The van der Waals surface area contributed by atoms with Gasteiger partial charge in [0, 0.05) is 20.1 Å². The fraction of sp³-hybridized carbons (Fsp3) is 0.962. The van der Waals surface area contributed by atoms with E-state index < -0.39 is 5.41 Å². The van der Waals surface area contributed by atoms with Crippen molar-refractivity contribution in [3.05, 3.63) is 0 Å². The molecule has 5 heteroatoms. The predicted molar refractivity (Wildman–Crippen MR) is 118 cm³/mol. The first-order valence-corrected chi connectivity index (χ1v) is 12.6. The Hall–Kier alpha value is -0.490. The van der Waals surface area contributed by atoms with Crippen LogP contribution in [0.25, 0.3) is 0 Å². The van der Waals surface area contributed by atoms with E-state index in [-0.39, 0.29) is 36.9 Å². The molecule has 1 aliphatic heterocycles. The molecule has 9 atom stereocenters. The quantitative estimate of drug-likeness (QED) is 0.616. The van der Waals surface area contributed by atoms with Gasteiger partial charge in [-0.05, 0) is 85.9 Å². The number of Topliss-reactive ketones (excluding diaryl/α,β-unsaturated/α-hetero) is 1. The number of hydrogen-bond donors (Lipinski definition) is 1. The van der Waals surface area contributed by atoms with Crippen molar-refractivity contribution in [3.8, 4) is 0 Å². The van der Waals surface area contributed by atoms with Crippen LogP contribution in [-0.2, 0) is 19.0 Å². The Bertz CT molecular complexity index is 702. The summed E-state index contributed by atoms with van der Waals surface area (Å²) in [7, 11) is 3.21. The summed E-state index contributed by atoms with van der Waals surface area (Å²) in [5.41, 5.74) is -0.476. The van der Waals surface area contributed by atoms with Gasteiger partial charge in [0.15, 0.2) is 0 Å². The monoisotopic (exact) mass is 434 g/mol. The summed E-state index contributed by atoms with van der Waals surface area (Å²) in [5, 5.41) is 10.2. The lowest BCUT2D eigenvalue weighted by molar-refractivity contribution is -0.153. The van der Waals surface area contributed by atoms with Crippen molar-refractivity contribution in [1.82, 2.24) is 0 Å². The van der Waals surface area contributed by atoms with E-state index in [1.165, 1.54) is 32.1 Å². The minimum absolute atomic E-state index is 0.00364. The molecule has 5 fully saturated rings. The first-order chi connectivity index (χ1) is 14.8. The lowest BCUT2D eigenvalue weighted by atomic mass is 9.44. The second kappa shape index (κ2) is 7.78. The van der Waals surface area contributed by atoms with Crippen molar-refractivity contribution >= 4 is 5.78 Å². The Morgan fingerprint density at radius 1 is 1.00 bits per heavy atom. The van der Waals surface area contributed by atoms with Crippen molar-refractivity contribution in [1.29, 1.82) is 0 Å². The van der Waals surface area contributed by atoms with Gasteiger partial charge in [0.25, 0.3) is 0 Å². The Kier molecular flexibility index (Phi) is 5.60. The van der Waals surface area contributed by atoms with E-state index in [9.17, 15) is 9.90 Å². The van der Waals surface area contributed by atoms with Crippen LogP contribution >= 0.6 is 0 Å². The summed E-state index contributed by atoms with van der Waals surface area (Å²) < 4.78 is 16.8. The van der Waals surface area contributed by atoms with E-state index in [0.29, 0.717) is 23.5 Å². The smallest absolute Gasteiger partial charge is 0.149 e. The predicted octanol–water partition coefficient (Wildman–Crippen LogP) is 3.86. The molecule has 0 unspecified atom stereocenters. The van der Waals surface area contributed by atoms with Crippen LogP contribution in [0.3, 0.4) is 0 Å². The van der Waals surface area contributed by atoms with Crippen LogP contribution in [0.5, 0.6) is 0 Å². The molecule has 4 aliphatic carbocycles. The van der Waals surface area contributed by atoms with E-state index in [1.54, 1.807) is 14.2 Å². The zero-order chi connectivity index (χ0) is 22.0. The first-order valence-electron chi connectivity index (χ1n) is 12.6. The number of carbonyl (C=O) groups excluding carboxylic acids is 1. The fourth-order valence-corrected chi connectivity index (χ4v) is 9.23. The summed E-state index contributed by atoms with van der Waals surface area (Å²) in [6.45, 7) is 5.20. The molecule has 0 aromatic rings. The molecule has 0 spiro atoms. The van der Waals surface area contributed by atoms with Gasteiger partial charge >= 0.3 is 0 Å². The average molecular weight is 435 g/mol. The van der Waals surface area contributed by atoms with E-state index >= 15 is 0 Å². The second-order valence-corrected chi connectivity index (χ2v) is 12.2. The zero-order valence-electron chi connectivity index (χ0n) is 19.9. The molecule has 5 aliphatic rings. The maximum Gasteiger partial charge on any atom is 0.149 e. The molecule has 0 aromatic heterocycles. The largest absolute Gasteiger partial charge is 0.395 e. The highest BCUT2D eigenvalue weighted by Gasteiger charge is 2.65. The number of aliphatic hydroxyl groups excluding tert-OH is 1. The molecular formula is C26H42O5. The topological polar surface area (TPSA) is 68.3 Å². The molecule has 5 nitrogen and oxygen atoms in total. The minimum atomic E-state index is -0.936. The van der Waals surface area contributed by atoms with Crippen LogP contribution in [0, 0.1) is 45.8 Å². The normalized spacial score (nSPS) is 48.4. The second-order valence-electron chi connectivity index (χ2n) is 12.2. The molecule has 176 valence electrons. The number of fused-ring (bicyclic) bond motifs is 6. The number of ether oxygens (including phenoxy) is 3. The van der Waals surface area contributed by atoms with Gasteiger partial charge in [-0.2, -0.15) is 0 Å².